The SMILES string of the molecule is C[C@@]1(O)[C@H](O)[C@@H](COP2(=O)OCC[C@H](c3cccc(Cl)c3)O2)O[C@H]1n1cnc2c(N)ncnc21. The Morgan fingerprint density at radius 3 is 3.00 bits per heavy atom. The molecule has 34 heavy (non-hydrogen) atoms. The number of halogens is 1. The maximum absolute atomic E-state index is 13.1. The molecule has 0 saturated carbocycles. The van der Waals surface area contributed by atoms with E-state index in [9.17, 15) is 14.8 Å². The number of nitrogens with zero attached hydrogens (tertiary/aromatic N) is 4. The van der Waals surface area contributed by atoms with Crippen LogP contribution in [0.3, 0.4) is 0 Å². The van der Waals surface area contributed by atoms with Crippen molar-refractivity contribution in [1.82, 2.24) is 19.5 Å². The zero-order chi connectivity index (χ0) is 24.1. The fourth-order valence-electron chi connectivity index (χ4n) is 4.10. The van der Waals surface area contributed by atoms with Crippen LogP contribution < -0.4 is 5.73 Å². The van der Waals surface area contributed by atoms with E-state index in [1.54, 1.807) is 18.2 Å². The molecule has 5 rings (SSSR count). The first kappa shape index (κ1) is 23.6. The van der Waals surface area contributed by atoms with Crippen molar-refractivity contribution in [3.8, 4) is 0 Å². The predicted molar refractivity (Wildman–Crippen MR) is 120 cm³/mol. The normalized spacial score (nSPS) is 34.0. The van der Waals surface area contributed by atoms with Gasteiger partial charge in [-0.2, -0.15) is 0 Å². The lowest BCUT2D eigenvalue weighted by molar-refractivity contribution is -0.0953. The van der Waals surface area contributed by atoms with Gasteiger partial charge in [-0.3, -0.25) is 18.1 Å². The van der Waals surface area contributed by atoms with Gasteiger partial charge in [0.05, 0.1) is 25.6 Å². The molecular weight excluding hydrogens is 489 g/mol. The third kappa shape index (κ3) is 4.21. The van der Waals surface area contributed by atoms with Crippen LogP contribution in [0.5, 0.6) is 0 Å². The molecule has 0 aliphatic carbocycles. The summed E-state index contributed by atoms with van der Waals surface area (Å²) < 4.78 is 36.9. The number of nitrogen functional groups attached to an aromatic ring is 1. The predicted octanol–water partition coefficient (Wildman–Crippen LogP) is 2.37. The maximum atomic E-state index is 13.1. The van der Waals surface area contributed by atoms with Gasteiger partial charge in [0.25, 0.3) is 0 Å². The van der Waals surface area contributed by atoms with Crippen LogP contribution in [-0.4, -0.2) is 60.8 Å². The highest BCUT2D eigenvalue weighted by molar-refractivity contribution is 7.48. The van der Waals surface area contributed by atoms with Gasteiger partial charge in [0.2, 0.25) is 0 Å². The molecule has 6 atom stereocenters. The molecule has 2 aromatic heterocycles. The van der Waals surface area contributed by atoms with E-state index in [0.717, 1.165) is 5.56 Å². The average molecular weight is 512 g/mol. The molecule has 2 fully saturated rings. The molecule has 2 aliphatic heterocycles. The summed E-state index contributed by atoms with van der Waals surface area (Å²) in [5.74, 6) is 0.167. The number of hydrogen-bond acceptors (Lipinski definition) is 11. The largest absolute Gasteiger partial charge is 0.475 e. The minimum Gasteiger partial charge on any atom is -0.387 e. The summed E-state index contributed by atoms with van der Waals surface area (Å²) >= 11 is 6.05. The topological polar surface area (TPSA) is 164 Å². The number of aliphatic hydroxyl groups excluding tert-OH is 1. The molecule has 14 heteroatoms. The number of hydrogen-bond donors (Lipinski definition) is 3. The molecule has 0 spiro atoms. The third-order valence-electron chi connectivity index (χ3n) is 5.90. The summed E-state index contributed by atoms with van der Waals surface area (Å²) in [4.78, 5) is 12.2. The minimum atomic E-state index is -3.97. The van der Waals surface area contributed by atoms with Gasteiger partial charge in [0, 0.05) is 11.4 Å². The zero-order valence-corrected chi connectivity index (χ0v) is 19.7. The fourth-order valence-corrected chi connectivity index (χ4v) is 5.69. The first-order valence-corrected chi connectivity index (χ1v) is 12.3. The van der Waals surface area contributed by atoms with Crippen LogP contribution in [-0.2, 0) is 22.9 Å². The van der Waals surface area contributed by atoms with Gasteiger partial charge < -0.3 is 20.7 Å². The number of fused-ring (bicyclic) bond motifs is 1. The van der Waals surface area contributed by atoms with Crippen LogP contribution in [0, 0.1) is 0 Å². The number of aromatic nitrogens is 4. The van der Waals surface area contributed by atoms with E-state index in [-0.39, 0.29) is 19.0 Å². The van der Waals surface area contributed by atoms with E-state index in [1.807, 2.05) is 6.07 Å². The van der Waals surface area contributed by atoms with E-state index in [0.29, 0.717) is 22.6 Å². The Kier molecular flexibility index (Phi) is 6.11. The number of imidazole rings is 1. The van der Waals surface area contributed by atoms with E-state index >= 15 is 0 Å². The lowest BCUT2D eigenvalue weighted by Crippen LogP contribution is -2.44. The number of benzene rings is 1. The van der Waals surface area contributed by atoms with Crippen molar-refractivity contribution in [2.75, 3.05) is 18.9 Å². The molecule has 4 heterocycles. The molecular formula is C20H23ClN5O7P. The molecule has 0 radical (unpaired) electrons. The molecule has 12 nitrogen and oxygen atoms in total. The van der Waals surface area contributed by atoms with Gasteiger partial charge in [-0.05, 0) is 24.6 Å². The highest BCUT2D eigenvalue weighted by atomic mass is 35.5. The number of phosphoric acid groups is 1. The first-order valence-electron chi connectivity index (χ1n) is 10.5. The van der Waals surface area contributed by atoms with Crippen molar-refractivity contribution < 1.29 is 33.1 Å². The molecule has 4 N–H and O–H groups in total. The van der Waals surface area contributed by atoms with Crippen LogP contribution in [0.4, 0.5) is 5.82 Å². The van der Waals surface area contributed by atoms with Gasteiger partial charge in [-0.25, -0.2) is 19.5 Å². The molecule has 1 aromatic carbocycles. The Morgan fingerprint density at radius 1 is 1.38 bits per heavy atom. The minimum absolute atomic E-state index is 0.144. The van der Waals surface area contributed by atoms with Gasteiger partial charge >= 0.3 is 7.82 Å². The van der Waals surface area contributed by atoms with Crippen LogP contribution in [0.25, 0.3) is 11.2 Å². The molecule has 2 aliphatic rings. The Morgan fingerprint density at radius 2 is 2.21 bits per heavy atom. The highest BCUT2D eigenvalue weighted by Gasteiger charge is 2.54. The molecule has 3 aromatic rings. The molecule has 1 unspecified atom stereocenters. The highest BCUT2D eigenvalue weighted by Crippen LogP contribution is 2.57. The Balaban J connectivity index is 1.31. The number of aliphatic hydroxyl groups is 2. The lowest BCUT2D eigenvalue weighted by atomic mass is 9.96. The van der Waals surface area contributed by atoms with Crippen molar-refractivity contribution in [1.29, 1.82) is 0 Å². The van der Waals surface area contributed by atoms with Gasteiger partial charge in [-0.1, -0.05) is 23.7 Å². The number of phosphoric ester groups is 1. The fraction of sp³-hybridized carbons (Fsp3) is 0.450. The second-order valence-electron chi connectivity index (χ2n) is 8.29. The quantitative estimate of drug-likeness (QED) is 0.430. The second kappa shape index (κ2) is 8.81. The second-order valence-corrected chi connectivity index (χ2v) is 10.4. The van der Waals surface area contributed by atoms with E-state index < -0.39 is 38.0 Å². The van der Waals surface area contributed by atoms with Crippen molar-refractivity contribution in [3.05, 3.63) is 47.5 Å². The van der Waals surface area contributed by atoms with Crippen molar-refractivity contribution in [2.45, 2.75) is 43.5 Å². The summed E-state index contributed by atoms with van der Waals surface area (Å²) in [5.41, 5.74) is 5.47. The van der Waals surface area contributed by atoms with E-state index in [1.165, 1.54) is 24.1 Å². The molecule has 2 saturated heterocycles. The molecule has 0 amide bonds. The first-order chi connectivity index (χ1) is 16.2. The number of anilines is 1. The van der Waals surface area contributed by atoms with E-state index in [2.05, 4.69) is 15.0 Å². The van der Waals surface area contributed by atoms with Crippen molar-refractivity contribution >= 4 is 36.4 Å². The van der Waals surface area contributed by atoms with Crippen molar-refractivity contribution in [3.63, 3.8) is 0 Å². The summed E-state index contributed by atoms with van der Waals surface area (Å²) in [7, 11) is -3.97. The number of ether oxygens (including phenoxy) is 1. The summed E-state index contributed by atoms with van der Waals surface area (Å²) in [5, 5.41) is 22.3. The molecule has 0 bridgehead atoms. The standard InChI is InChI=1S/C20H23ClN5O7P/c1-20(28)16(27)14(32-19(20)26-10-25-15-17(22)23-9-24-18(15)26)8-31-34(29)30-6-5-13(33-34)11-3-2-4-12(21)7-11/h2-4,7,9-10,13-14,16,19,27-28H,5-6,8H2,1H3,(H2,22,23,24)/t13-,14-,16-,19-,20-,34?/m1/s1. The molecule has 182 valence electrons. The Bertz CT molecular complexity index is 1260. The Labute approximate surface area is 199 Å². The average Bonchev–Trinajstić information content (AvgIpc) is 3.32. The number of nitrogens with two attached hydrogens (primary N) is 1. The van der Waals surface area contributed by atoms with Crippen LogP contribution in [0.1, 0.15) is 31.2 Å². The summed E-state index contributed by atoms with van der Waals surface area (Å²) in [6, 6.07) is 7.03. The monoisotopic (exact) mass is 511 g/mol. The van der Waals surface area contributed by atoms with Crippen LogP contribution in [0.15, 0.2) is 36.9 Å². The van der Waals surface area contributed by atoms with Crippen LogP contribution in [0.2, 0.25) is 5.02 Å². The third-order valence-corrected chi connectivity index (χ3v) is 7.61. The van der Waals surface area contributed by atoms with Gasteiger partial charge in [-0.15, -0.1) is 0 Å². The number of rotatable bonds is 5. The lowest BCUT2D eigenvalue weighted by Gasteiger charge is -2.30. The van der Waals surface area contributed by atoms with Gasteiger partial charge in [0.15, 0.2) is 17.7 Å². The zero-order valence-electron chi connectivity index (χ0n) is 18.0. The van der Waals surface area contributed by atoms with Crippen LogP contribution >= 0.6 is 19.4 Å². The Hall–Kier alpha value is -2.15. The van der Waals surface area contributed by atoms with E-state index in [4.69, 9.17) is 35.6 Å². The van der Waals surface area contributed by atoms with Gasteiger partial charge in [0.1, 0.15) is 29.7 Å². The summed E-state index contributed by atoms with van der Waals surface area (Å²) in [6.45, 7) is 1.19. The maximum Gasteiger partial charge on any atom is 0.475 e. The van der Waals surface area contributed by atoms with Crippen molar-refractivity contribution in [2.24, 2.45) is 0 Å². The smallest absolute Gasteiger partial charge is 0.387 e. The summed E-state index contributed by atoms with van der Waals surface area (Å²) in [6.07, 6.45) is -0.956.